The van der Waals surface area contributed by atoms with E-state index in [1.165, 1.54) is 19.2 Å². The third-order valence-electron chi connectivity index (χ3n) is 1.56. The average Bonchev–Trinajstić information content (AvgIpc) is 2.18. The molecule has 0 aliphatic carbocycles. The zero-order valence-electron chi connectivity index (χ0n) is 7.51. The molecule has 1 atom stereocenters. The van der Waals surface area contributed by atoms with Crippen LogP contribution in [0.15, 0.2) is 29.4 Å². The molecule has 74 valence electrons. The Morgan fingerprint density at radius 1 is 1.50 bits per heavy atom. The van der Waals surface area contributed by atoms with E-state index in [0.29, 0.717) is 5.45 Å². The number of nitro benzene ring substituents is 1. The topological polar surface area (TPSA) is 64.7 Å². The largest absolute Gasteiger partial charge is 0.399 e. The molecule has 0 aromatic heterocycles. The molecular formula is C8H9N2O3P. The minimum atomic E-state index is -0.445. The second kappa shape index (κ2) is 4.67. The highest BCUT2D eigenvalue weighted by molar-refractivity contribution is 7.41. The van der Waals surface area contributed by atoms with Crippen LogP contribution in [0.5, 0.6) is 0 Å². The standard InChI is InChI=1S/C8H9N2O3P/c1-13-9-8(14)6-2-4-7(5-3-6)10(11)12/h2-5H,14H2,1H3/b9-8+. The number of rotatable bonds is 3. The first-order valence-electron chi connectivity index (χ1n) is 3.76. The van der Waals surface area contributed by atoms with Crippen molar-refractivity contribution in [2.45, 2.75) is 0 Å². The van der Waals surface area contributed by atoms with Crippen LogP contribution in [0.3, 0.4) is 0 Å². The van der Waals surface area contributed by atoms with E-state index in [-0.39, 0.29) is 5.69 Å². The molecule has 0 aliphatic heterocycles. The lowest BCUT2D eigenvalue weighted by molar-refractivity contribution is -0.384. The Labute approximate surface area is 83.1 Å². The maximum Gasteiger partial charge on any atom is 0.269 e. The SMILES string of the molecule is CO/N=C(/P)c1ccc([N+](=O)[O-])cc1. The quantitative estimate of drug-likeness (QED) is 0.332. The van der Waals surface area contributed by atoms with Gasteiger partial charge in [-0.25, -0.2) is 0 Å². The Morgan fingerprint density at radius 3 is 2.50 bits per heavy atom. The second-order valence-corrected chi connectivity index (χ2v) is 3.01. The minimum absolute atomic E-state index is 0.0592. The van der Waals surface area contributed by atoms with E-state index in [0.717, 1.165) is 5.56 Å². The van der Waals surface area contributed by atoms with Crippen molar-refractivity contribution in [3.05, 3.63) is 39.9 Å². The predicted octanol–water partition coefficient (Wildman–Crippen LogP) is 1.78. The highest BCUT2D eigenvalue weighted by Gasteiger charge is 2.05. The van der Waals surface area contributed by atoms with Crippen LogP contribution in [0.1, 0.15) is 5.56 Å². The Kier molecular flexibility index (Phi) is 3.54. The molecule has 1 aromatic rings. The molecule has 5 nitrogen and oxygen atoms in total. The highest BCUT2D eigenvalue weighted by Crippen LogP contribution is 2.14. The second-order valence-electron chi connectivity index (χ2n) is 2.46. The number of hydrogen-bond donors (Lipinski definition) is 0. The summed E-state index contributed by atoms with van der Waals surface area (Å²) in [5.41, 5.74) is 1.42. The van der Waals surface area contributed by atoms with Crippen LogP contribution in [0.2, 0.25) is 0 Å². The van der Waals surface area contributed by atoms with Crippen molar-refractivity contribution in [3.8, 4) is 0 Å². The number of nitro groups is 1. The zero-order valence-corrected chi connectivity index (χ0v) is 8.66. The fourth-order valence-electron chi connectivity index (χ4n) is 0.905. The molecule has 0 heterocycles. The summed E-state index contributed by atoms with van der Waals surface area (Å²) in [4.78, 5) is 14.5. The van der Waals surface area contributed by atoms with Crippen molar-refractivity contribution in [1.29, 1.82) is 0 Å². The van der Waals surface area contributed by atoms with Crippen molar-refractivity contribution in [2.75, 3.05) is 7.11 Å². The summed E-state index contributed by atoms with van der Waals surface area (Å²) in [6, 6.07) is 6.07. The molecule has 0 radical (unpaired) electrons. The van der Waals surface area contributed by atoms with E-state index in [9.17, 15) is 10.1 Å². The first-order chi connectivity index (χ1) is 6.65. The first kappa shape index (κ1) is 10.6. The molecule has 1 unspecified atom stereocenters. The number of non-ortho nitro benzene ring substituents is 1. The van der Waals surface area contributed by atoms with Crippen LogP contribution in [-0.2, 0) is 4.84 Å². The Hall–Kier alpha value is -1.48. The lowest BCUT2D eigenvalue weighted by Crippen LogP contribution is -1.93. The lowest BCUT2D eigenvalue weighted by atomic mass is 10.2. The van der Waals surface area contributed by atoms with Gasteiger partial charge in [-0.1, -0.05) is 14.4 Å². The molecule has 6 heteroatoms. The van der Waals surface area contributed by atoms with Crippen LogP contribution < -0.4 is 0 Å². The van der Waals surface area contributed by atoms with E-state index >= 15 is 0 Å². The highest BCUT2D eigenvalue weighted by atomic mass is 31.0. The van der Waals surface area contributed by atoms with Gasteiger partial charge >= 0.3 is 0 Å². The van der Waals surface area contributed by atoms with Crippen LogP contribution in [0.25, 0.3) is 0 Å². The third kappa shape index (κ3) is 2.50. The van der Waals surface area contributed by atoms with Gasteiger partial charge in [-0.15, -0.1) is 0 Å². The van der Waals surface area contributed by atoms with Gasteiger partial charge in [0.05, 0.1) is 4.92 Å². The molecular weight excluding hydrogens is 203 g/mol. The summed E-state index contributed by atoms with van der Waals surface area (Å²) in [7, 11) is 3.83. The minimum Gasteiger partial charge on any atom is -0.399 e. The van der Waals surface area contributed by atoms with E-state index in [4.69, 9.17) is 0 Å². The molecule has 0 fully saturated rings. The maximum absolute atomic E-state index is 10.4. The van der Waals surface area contributed by atoms with Crippen LogP contribution in [0.4, 0.5) is 5.69 Å². The van der Waals surface area contributed by atoms with Crippen molar-refractivity contribution in [3.63, 3.8) is 0 Å². The van der Waals surface area contributed by atoms with E-state index < -0.39 is 4.92 Å². The molecule has 0 aliphatic rings. The Balaban J connectivity index is 2.94. The van der Waals surface area contributed by atoms with Crippen molar-refractivity contribution >= 4 is 20.4 Å². The molecule has 0 spiro atoms. The van der Waals surface area contributed by atoms with Crippen molar-refractivity contribution < 1.29 is 9.76 Å². The smallest absolute Gasteiger partial charge is 0.269 e. The summed E-state index contributed by atoms with van der Waals surface area (Å²) in [5, 5.41) is 14.0. The van der Waals surface area contributed by atoms with Gasteiger partial charge in [-0.05, 0) is 12.1 Å². The average molecular weight is 212 g/mol. The number of oxime groups is 1. The summed E-state index contributed by atoms with van der Waals surface area (Å²) < 4.78 is 0. The molecule has 14 heavy (non-hydrogen) atoms. The van der Waals surface area contributed by atoms with E-state index in [1.54, 1.807) is 12.1 Å². The molecule has 0 saturated heterocycles. The summed E-state index contributed by atoms with van der Waals surface area (Å²) >= 11 is 0. The Morgan fingerprint density at radius 2 is 2.07 bits per heavy atom. The fourth-order valence-corrected chi connectivity index (χ4v) is 1.20. The van der Waals surface area contributed by atoms with Gasteiger partial charge in [0.25, 0.3) is 5.69 Å². The van der Waals surface area contributed by atoms with Crippen molar-refractivity contribution in [2.24, 2.45) is 5.16 Å². The van der Waals surface area contributed by atoms with E-state index in [2.05, 4.69) is 19.2 Å². The molecule has 0 N–H and O–H groups in total. The number of nitrogens with zero attached hydrogens (tertiary/aromatic N) is 2. The van der Waals surface area contributed by atoms with Gasteiger partial charge in [-0.3, -0.25) is 10.1 Å². The van der Waals surface area contributed by atoms with Crippen LogP contribution >= 0.6 is 9.24 Å². The van der Waals surface area contributed by atoms with Gasteiger partial charge in [-0.2, -0.15) is 0 Å². The lowest BCUT2D eigenvalue weighted by Gasteiger charge is -1.98. The molecule has 0 saturated carbocycles. The summed E-state index contributed by atoms with van der Waals surface area (Å²) in [5.74, 6) is 0. The molecule has 0 amide bonds. The first-order valence-corrected chi connectivity index (χ1v) is 4.34. The van der Waals surface area contributed by atoms with Crippen molar-refractivity contribution in [1.82, 2.24) is 0 Å². The monoisotopic (exact) mass is 212 g/mol. The van der Waals surface area contributed by atoms with Gasteiger partial charge in [0.2, 0.25) is 0 Å². The maximum atomic E-state index is 10.4. The fraction of sp³-hybridized carbons (Fsp3) is 0.125. The van der Waals surface area contributed by atoms with Gasteiger partial charge < -0.3 is 4.84 Å². The summed E-state index contributed by atoms with van der Waals surface area (Å²) in [6.07, 6.45) is 0. The van der Waals surface area contributed by atoms with Crippen LogP contribution in [0, 0.1) is 10.1 Å². The van der Waals surface area contributed by atoms with Gasteiger partial charge in [0.15, 0.2) is 0 Å². The third-order valence-corrected chi connectivity index (χ3v) is 2.00. The van der Waals surface area contributed by atoms with Gasteiger partial charge in [0.1, 0.15) is 12.6 Å². The summed E-state index contributed by atoms with van der Waals surface area (Å²) in [6.45, 7) is 0. The number of hydrogen-bond acceptors (Lipinski definition) is 4. The Bertz CT molecular complexity index is 361. The number of benzene rings is 1. The predicted molar refractivity (Wildman–Crippen MR) is 56.4 cm³/mol. The molecule has 1 aromatic carbocycles. The molecule has 1 rings (SSSR count). The van der Waals surface area contributed by atoms with E-state index in [1.807, 2.05) is 0 Å². The molecule has 0 bridgehead atoms. The normalized spacial score (nSPS) is 11.1. The van der Waals surface area contributed by atoms with Crippen LogP contribution in [-0.4, -0.2) is 17.5 Å². The zero-order chi connectivity index (χ0) is 10.6. The van der Waals surface area contributed by atoms with Gasteiger partial charge in [0, 0.05) is 17.7 Å².